The number of fused-ring (bicyclic) bond motifs is 1. The van der Waals surface area contributed by atoms with Gasteiger partial charge in [-0.1, -0.05) is 36.9 Å². The van der Waals surface area contributed by atoms with Crippen molar-refractivity contribution in [2.24, 2.45) is 0 Å². The lowest BCUT2D eigenvalue weighted by atomic mass is 10.2. The maximum atomic E-state index is 13.4. The summed E-state index contributed by atoms with van der Waals surface area (Å²) in [5.41, 5.74) is 1.65. The molecular formula is C25H28BrN3O3S. The number of nitrogens with one attached hydrogen (secondary N) is 1. The van der Waals surface area contributed by atoms with Crippen molar-refractivity contribution in [2.75, 3.05) is 38.2 Å². The van der Waals surface area contributed by atoms with Gasteiger partial charge in [-0.3, -0.25) is 19.4 Å². The van der Waals surface area contributed by atoms with E-state index < -0.39 is 0 Å². The van der Waals surface area contributed by atoms with Crippen LogP contribution in [-0.2, 0) is 9.59 Å². The number of hydrogen-bond donors (Lipinski definition) is 1. The van der Waals surface area contributed by atoms with Crippen LogP contribution in [0, 0.1) is 0 Å². The Morgan fingerprint density at radius 2 is 2.12 bits per heavy atom. The van der Waals surface area contributed by atoms with Crippen LogP contribution in [0.5, 0.6) is 5.75 Å². The zero-order chi connectivity index (χ0) is 23.4. The van der Waals surface area contributed by atoms with Gasteiger partial charge in [0.15, 0.2) is 0 Å². The van der Waals surface area contributed by atoms with E-state index in [0.717, 1.165) is 45.9 Å². The molecule has 0 radical (unpaired) electrons. The molecule has 2 aliphatic rings. The molecule has 2 aliphatic heterocycles. The molecule has 4 rings (SSSR count). The molecule has 2 heterocycles. The minimum Gasteiger partial charge on any atom is -0.496 e. The van der Waals surface area contributed by atoms with Crippen LogP contribution in [-0.4, -0.2) is 56.0 Å². The van der Waals surface area contributed by atoms with Crippen molar-refractivity contribution in [2.45, 2.75) is 30.7 Å². The van der Waals surface area contributed by atoms with Gasteiger partial charge in [-0.25, -0.2) is 0 Å². The molecule has 8 heteroatoms. The maximum absolute atomic E-state index is 13.4. The molecule has 1 atom stereocenters. The Morgan fingerprint density at radius 1 is 1.30 bits per heavy atom. The highest BCUT2D eigenvalue weighted by Crippen LogP contribution is 2.42. The summed E-state index contributed by atoms with van der Waals surface area (Å²) < 4.78 is 6.11. The molecule has 0 aliphatic carbocycles. The molecule has 1 unspecified atom stereocenters. The van der Waals surface area contributed by atoms with E-state index in [-0.39, 0.29) is 18.4 Å². The fraction of sp³-hybridized carbons (Fsp3) is 0.360. The van der Waals surface area contributed by atoms with Gasteiger partial charge in [0.05, 0.1) is 22.2 Å². The monoisotopic (exact) mass is 529 g/mol. The van der Waals surface area contributed by atoms with Crippen LogP contribution in [0.25, 0.3) is 6.08 Å². The lowest BCUT2D eigenvalue weighted by Crippen LogP contribution is -2.46. The van der Waals surface area contributed by atoms with Gasteiger partial charge in [-0.15, -0.1) is 0 Å². The zero-order valence-corrected chi connectivity index (χ0v) is 21.2. The fourth-order valence-electron chi connectivity index (χ4n) is 4.32. The normalized spacial score (nSPS) is 19.6. The molecule has 33 heavy (non-hydrogen) atoms. The summed E-state index contributed by atoms with van der Waals surface area (Å²) in [6, 6.07) is 13.8. The number of halogens is 1. The third-order valence-corrected chi connectivity index (χ3v) is 7.74. The Hall–Kier alpha value is -2.29. The third kappa shape index (κ3) is 5.45. The number of methoxy groups -OCH3 is 1. The second kappa shape index (κ2) is 10.8. The molecule has 0 saturated carbocycles. The first-order valence-corrected chi connectivity index (χ1v) is 12.8. The van der Waals surface area contributed by atoms with Crippen LogP contribution >= 0.6 is 27.7 Å². The van der Waals surface area contributed by atoms with E-state index in [2.05, 4.69) is 33.1 Å². The third-order valence-electron chi connectivity index (χ3n) is 6.05. The number of benzene rings is 2. The topological polar surface area (TPSA) is 61.9 Å². The SMILES string of the molecule is CCN1CCCC1CNC(=O)CN1C(=O)C(=Cc2ccc(OC)c(Br)c2)Sc2ccccc21. The summed E-state index contributed by atoms with van der Waals surface area (Å²) in [5, 5.41) is 3.05. The number of hydrogen-bond acceptors (Lipinski definition) is 5. The first-order chi connectivity index (χ1) is 16.0. The van der Waals surface area contributed by atoms with Gasteiger partial charge in [0.25, 0.3) is 5.91 Å². The molecule has 0 spiro atoms. The molecule has 1 saturated heterocycles. The molecular weight excluding hydrogens is 502 g/mol. The molecule has 2 amide bonds. The Morgan fingerprint density at radius 3 is 2.88 bits per heavy atom. The minimum atomic E-state index is -0.170. The number of likely N-dealkylation sites (tertiary alicyclic amines) is 1. The lowest BCUT2D eigenvalue weighted by molar-refractivity contribution is -0.122. The molecule has 0 aromatic heterocycles. The quantitative estimate of drug-likeness (QED) is 0.533. The standard InChI is InChI=1S/C25H28BrN3O3S/c1-3-28-12-6-7-18(28)15-27-24(30)16-29-20-8-4-5-9-22(20)33-23(25(29)31)14-17-10-11-21(32-2)19(26)13-17/h4-5,8-11,13-14,18H,3,6-7,12,15-16H2,1-2H3,(H,27,30). The van der Waals surface area contributed by atoms with Gasteiger partial charge in [-0.05, 0) is 77.8 Å². The predicted molar refractivity (Wildman–Crippen MR) is 137 cm³/mol. The highest BCUT2D eigenvalue weighted by molar-refractivity contribution is 9.10. The molecule has 1 N–H and O–H groups in total. The highest BCUT2D eigenvalue weighted by Gasteiger charge is 2.31. The largest absolute Gasteiger partial charge is 0.496 e. The Labute approximate surface area is 207 Å². The molecule has 2 aromatic rings. The number of anilines is 1. The van der Waals surface area contributed by atoms with E-state index in [0.29, 0.717) is 17.5 Å². The molecule has 2 aromatic carbocycles. The van der Waals surface area contributed by atoms with Gasteiger partial charge in [0, 0.05) is 17.5 Å². The van der Waals surface area contributed by atoms with Crippen molar-refractivity contribution in [1.29, 1.82) is 0 Å². The average Bonchev–Trinajstić information content (AvgIpc) is 3.28. The van der Waals surface area contributed by atoms with Gasteiger partial charge in [-0.2, -0.15) is 0 Å². The van der Waals surface area contributed by atoms with Crippen molar-refractivity contribution >= 4 is 51.3 Å². The second-order valence-electron chi connectivity index (χ2n) is 8.09. The molecule has 1 fully saturated rings. The van der Waals surface area contributed by atoms with E-state index in [1.54, 1.807) is 12.0 Å². The summed E-state index contributed by atoms with van der Waals surface area (Å²) in [6.45, 7) is 4.84. The summed E-state index contributed by atoms with van der Waals surface area (Å²) in [6.07, 6.45) is 4.12. The number of carbonyl (C=O) groups is 2. The number of thioether (sulfide) groups is 1. The van der Waals surface area contributed by atoms with E-state index in [1.807, 2.05) is 48.5 Å². The van der Waals surface area contributed by atoms with E-state index in [4.69, 9.17) is 4.74 Å². The van der Waals surface area contributed by atoms with Crippen LogP contribution in [0.4, 0.5) is 5.69 Å². The number of carbonyl (C=O) groups excluding carboxylic acids is 2. The molecule has 0 bridgehead atoms. The van der Waals surface area contributed by atoms with Gasteiger partial charge >= 0.3 is 0 Å². The predicted octanol–water partition coefficient (Wildman–Crippen LogP) is 4.54. The number of nitrogens with zero attached hydrogens (tertiary/aromatic N) is 2. The smallest absolute Gasteiger partial charge is 0.265 e. The van der Waals surface area contributed by atoms with Crippen molar-refractivity contribution < 1.29 is 14.3 Å². The van der Waals surface area contributed by atoms with Gasteiger partial charge in [0.1, 0.15) is 12.3 Å². The second-order valence-corrected chi connectivity index (χ2v) is 10.0. The summed E-state index contributed by atoms with van der Waals surface area (Å²) in [5.74, 6) is 0.420. The van der Waals surface area contributed by atoms with Crippen molar-refractivity contribution in [1.82, 2.24) is 10.2 Å². The van der Waals surface area contributed by atoms with E-state index in [9.17, 15) is 9.59 Å². The molecule has 174 valence electrons. The highest BCUT2D eigenvalue weighted by atomic mass is 79.9. The average molecular weight is 530 g/mol. The molecule has 6 nitrogen and oxygen atoms in total. The summed E-state index contributed by atoms with van der Waals surface area (Å²) in [7, 11) is 1.62. The Bertz CT molecular complexity index is 1070. The lowest BCUT2D eigenvalue weighted by Gasteiger charge is -2.30. The van der Waals surface area contributed by atoms with Crippen molar-refractivity contribution in [3.8, 4) is 5.75 Å². The summed E-state index contributed by atoms with van der Waals surface area (Å²) in [4.78, 5) is 31.7. The number of rotatable bonds is 7. The van der Waals surface area contributed by atoms with Gasteiger partial charge in [0.2, 0.25) is 5.91 Å². The maximum Gasteiger partial charge on any atom is 0.265 e. The first kappa shape index (κ1) is 23.9. The van der Waals surface area contributed by atoms with Crippen LogP contribution in [0.3, 0.4) is 0 Å². The van der Waals surface area contributed by atoms with Crippen LogP contribution in [0.2, 0.25) is 0 Å². The van der Waals surface area contributed by atoms with Crippen LogP contribution in [0.15, 0.2) is 56.7 Å². The van der Waals surface area contributed by atoms with Gasteiger partial charge < -0.3 is 10.1 Å². The summed E-state index contributed by atoms with van der Waals surface area (Å²) >= 11 is 4.93. The minimum absolute atomic E-state index is 0.00109. The van der Waals surface area contributed by atoms with Crippen molar-refractivity contribution in [3.05, 3.63) is 57.4 Å². The Balaban J connectivity index is 1.52. The number of amides is 2. The zero-order valence-electron chi connectivity index (χ0n) is 18.8. The van der Waals surface area contributed by atoms with E-state index in [1.165, 1.54) is 18.2 Å². The van der Waals surface area contributed by atoms with Crippen LogP contribution in [0.1, 0.15) is 25.3 Å². The van der Waals surface area contributed by atoms with E-state index >= 15 is 0 Å². The fourth-order valence-corrected chi connectivity index (χ4v) is 5.93. The number of likely N-dealkylation sites (N-methyl/N-ethyl adjacent to an activating group) is 1. The number of para-hydroxylation sites is 1. The van der Waals surface area contributed by atoms with Crippen LogP contribution < -0.4 is 15.0 Å². The Kier molecular flexibility index (Phi) is 7.78. The van der Waals surface area contributed by atoms with Crippen molar-refractivity contribution in [3.63, 3.8) is 0 Å². The number of ether oxygens (including phenoxy) is 1. The first-order valence-electron chi connectivity index (χ1n) is 11.1.